The molecule has 0 aromatic heterocycles. The summed E-state index contributed by atoms with van der Waals surface area (Å²) in [6, 6.07) is 0. The third-order valence-electron chi connectivity index (χ3n) is 0. The van der Waals surface area contributed by atoms with Crippen LogP contribution in [0.1, 0.15) is 0 Å². The molecule has 34 valence electrons. The number of rotatable bonds is 0. The summed E-state index contributed by atoms with van der Waals surface area (Å²) in [4.78, 5) is 0. The van der Waals surface area contributed by atoms with Crippen LogP contribution in [0.3, 0.4) is 0 Å². The van der Waals surface area contributed by atoms with E-state index in [1.54, 1.807) is 0 Å². The average molecular weight is 164 g/mol. The molecule has 0 spiro atoms. The molecule has 0 radical (unpaired) electrons. The van der Waals surface area contributed by atoms with Crippen LogP contribution in [0.5, 0.6) is 0 Å². The van der Waals surface area contributed by atoms with Gasteiger partial charge in [0, 0.05) is 0 Å². The predicted molar refractivity (Wildman–Crippen MR) is 24.0 cm³/mol. The van der Waals surface area contributed by atoms with E-state index in [4.69, 9.17) is 12.3 Å². The molecular formula is CH6AsNaO3. The fourth-order valence-electron chi connectivity index (χ4n) is 0. The quantitative estimate of drug-likeness (QED) is 0.368. The van der Waals surface area contributed by atoms with E-state index in [2.05, 4.69) is 4.17 Å². The molecule has 5 heteroatoms. The molecule has 0 rings (SSSR count). The van der Waals surface area contributed by atoms with Crippen molar-refractivity contribution in [3.8, 4) is 0 Å². The zero-order chi connectivity index (χ0) is 5.58. The van der Waals surface area contributed by atoms with Gasteiger partial charge >= 0.3 is 60.1 Å². The van der Waals surface area contributed by atoms with Gasteiger partial charge in [-0.3, -0.25) is 0 Å². The summed E-state index contributed by atoms with van der Waals surface area (Å²) in [7, 11) is 0. The van der Waals surface area contributed by atoms with Crippen LogP contribution in [0.25, 0.3) is 0 Å². The first-order valence-electron chi connectivity index (χ1n) is 1.60. The van der Waals surface area contributed by atoms with Crippen molar-refractivity contribution in [3.05, 3.63) is 0 Å². The normalized spacial score (nSPS) is 7.17. The molecule has 0 aromatic rings. The van der Waals surface area contributed by atoms with Gasteiger partial charge in [-0.2, -0.15) is 0 Å². The van der Waals surface area contributed by atoms with Crippen LogP contribution in [0.4, 0.5) is 0 Å². The maximum atomic E-state index is 7.31. The van der Waals surface area contributed by atoms with Crippen molar-refractivity contribution in [2.24, 2.45) is 0 Å². The second kappa shape index (κ2) is 9.67. The summed E-state index contributed by atoms with van der Waals surface area (Å²) in [6.45, 7) is 0. The molecule has 0 saturated heterocycles. The molecule has 3 nitrogen and oxygen atoms in total. The molecule has 0 atom stereocenters. The van der Waals surface area contributed by atoms with Crippen molar-refractivity contribution in [3.63, 3.8) is 0 Å². The van der Waals surface area contributed by atoms with Crippen molar-refractivity contribution in [2.45, 2.75) is 4.17 Å². The second-order valence-electron chi connectivity index (χ2n) is 0.268. The van der Waals surface area contributed by atoms with Crippen molar-refractivity contribution >= 4 is 43.6 Å². The van der Waals surface area contributed by atoms with Gasteiger partial charge in [0.1, 0.15) is 0 Å². The van der Waals surface area contributed by atoms with Gasteiger partial charge in [-0.05, 0) is 0 Å². The van der Waals surface area contributed by atoms with Crippen LogP contribution in [0, 0.1) is 0 Å². The Bertz CT molecular complexity index is 15.5. The van der Waals surface area contributed by atoms with Crippen LogP contribution in [-0.2, 0) is 0 Å². The second-order valence-corrected chi connectivity index (χ2v) is 1.39. The molecule has 0 aliphatic rings. The first kappa shape index (κ1) is 10.4. The molecule has 0 bridgehead atoms. The minimum absolute atomic E-state index is 1.31. The van der Waals surface area contributed by atoms with Crippen molar-refractivity contribution in [2.75, 3.05) is 0 Å². The van der Waals surface area contributed by atoms with Crippen LogP contribution >= 0.6 is 0 Å². The van der Waals surface area contributed by atoms with Crippen LogP contribution in [0.15, 0.2) is 0 Å². The van der Waals surface area contributed by atoms with Gasteiger partial charge in [0.05, 0.1) is 0 Å². The zero-order valence-corrected chi connectivity index (χ0v) is 7.67. The van der Waals surface area contributed by atoms with Gasteiger partial charge in [0.2, 0.25) is 0 Å². The van der Waals surface area contributed by atoms with E-state index in [9.17, 15) is 0 Å². The molecule has 0 aliphatic heterocycles. The Balaban J connectivity index is 0. The van der Waals surface area contributed by atoms with E-state index in [0.29, 0.717) is 0 Å². The zero-order valence-electron chi connectivity index (χ0n) is 3.79. The van der Waals surface area contributed by atoms with Gasteiger partial charge < -0.3 is 0 Å². The Kier molecular flexibility index (Phi) is 16.8. The Morgan fingerprint density at radius 1 is 1.17 bits per heavy atom. The fourth-order valence-corrected chi connectivity index (χ4v) is 0. The van der Waals surface area contributed by atoms with E-state index in [1.165, 1.54) is 27.9 Å². The molecule has 0 unspecified atom stereocenters. The van der Waals surface area contributed by atoms with E-state index < -0.39 is 15.7 Å². The summed E-state index contributed by atoms with van der Waals surface area (Å²) in [5.74, 6) is 0. The van der Waals surface area contributed by atoms with Crippen molar-refractivity contribution in [1.82, 2.24) is 0 Å². The first-order valence-corrected chi connectivity index (χ1v) is 6.12. The van der Waals surface area contributed by atoms with Gasteiger partial charge in [0.25, 0.3) is 0 Å². The van der Waals surface area contributed by atoms with Crippen LogP contribution in [-0.4, -0.2) is 55.9 Å². The summed E-state index contributed by atoms with van der Waals surface area (Å²) in [6.07, 6.45) is 0. The number of hydrogen-bond acceptors (Lipinski definition) is 3. The fraction of sp³-hybridized carbons (Fsp3) is 1.00. The third kappa shape index (κ3) is 51.8. The monoisotopic (exact) mass is 164 g/mol. The summed E-state index contributed by atoms with van der Waals surface area (Å²) in [5, 5.41) is 0. The molecule has 0 aromatic carbocycles. The Labute approximate surface area is 59.7 Å². The Hall–Kier alpha value is 1.44. The molecule has 0 amide bonds. The van der Waals surface area contributed by atoms with Crippen LogP contribution < -0.4 is 0 Å². The van der Waals surface area contributed by atoms with E-state index >= 15 is 0 Å². The Morgan fingerprint density at radius 3 is 1.17 bits per heavy atom. The summed E-state index contributed by atoms with van der Waals surface area (Å²) < 4.78 is 24.1. The average Bonchev–Trinajstić information content (AvgIpc) is 1.41. The van der Waals surface area contributed by atoms with E-state index in [0.717, 1.165) is 0 Å². The summed E-state index contributed by atoms with van der Waals surface area (Å²) >= 11 is -1.88. The number of hydrogen-bond donors (Lipinski definition) is 3. The molecule has 0 heterocycles. The molecule has 3 N–H and O–H groups in total. The topological polar surface area (TPSA) is 60.7 Å². The standard InChI is InChI=1S/CH3.AsH3O3.Na/c;2-1(3)4;/h1H3;2-4H;. The minimum atomic E-state index is -3.19. The first-order chi connectivity index (χ1) is 2.73. The van der Waals surface area contributed by atoms with E-state index in [-0.39, 0.29) is 0 Å². The molecule has 6 heavy (non-hydrogen) atoms. The van der Waals surface area contributed by atoms with Gasteiger partial charge in [-0.1, -0.05) is 0 Å². The predicted octanol–water partition coefficient (Wildman–Crippen LogP) is -1.85. The van der Waals surface area contributed by atoms with Crippen LogP contribution in [0.2, 0.25) is 4.17 Å². The maximum absolute atomic E-state index is 7.31. The van der Waals surface area contributed by atoms with Crippen molar-refractivity contribution in [1.29, 1.82) is 0 Å². The molecule has 0 aliphatic carbocycles. The van der Waals surface area contributed by atoms with Gasteiger partial charge in [-0.15, -0.1) is 0 Å². The molecule has 0 saturated carbocycles. The van der Waals surface area contributed by atoms with Crippen molar-refractivity contribution < 1.29 is 12.3 Å². The van der Waals surface area contributed by atoms with Gasteiger partial charge in [-0.25, -0.2) is 0 Å². The summed E-state index contributed by atoms with van der Waals surface area (Å²) in [5.41, 5.74) is 0. The van der Waals surface area contributed by atoms with Gasteiger partial charge in [0.15, 0.2) is 0 Å². The SMILES string of the molecule is O[As](O)O.[CH3][Na]. The Morgan fingerprint density at radius 2 is 1.17 bits per heavy atom. The molecule has 0 fully saturated rings. The van der Waals surface area contributed by atoms with E-state index in [1.807, 2.05) is 0 Å². The third-order valence-corrected chi connectivity index (χ3v) is 0. The molecular weight excluding hydrogens is 158 g/mol.